The zero-order valence-electron chi connectivity index (χ0n) is 18.3. The number of hydrogen-bond donors (Lipinski definition) is 2. The van der Waals surface area contributed by atoms with E-state index in [9.17, 15) is 14.7 Å². The van der Waals surface area contributed by atoms with Gasteiger partial charge in [-0.05, 0) is 72.9 Å². The molecule has 0 aliphatic heterocycles. The van der Waals surface area contributed by atoms with Gasteiger partial charge in [-0.1, -0.05) is 31.0 Å². The summed E-state index contributed by atoms with van der Waals surface area (Å²) < 4.78 is 11.6. The average molecular weight is 436 g/mol. The average Bonchev–Trinajstić information content (AvgIpc) is 2.82. The highest BCUT2D eigenvalue weighted by atomic mass is 16.5. The molecule has 2 aromatic carbocycles. The third-order valence-electron chi connectivity index (χ3n) is 6.68. The number of amides is 1. The Morgan fingerprint density at radius 1 is 1.09 bits per heavy atom. The van der Waals surface area contributed by atoms with Crippen LogP contribution in [0.4, 0.5) is 5.69 Å². The Kier molecular flexibility index (Phi) is 6.78. The number of ether oxygens (including phenoxy) is 2. The van der Waals surface area contributed by atoms with E-state index in [4.69, 9.17) is 9.47 Å². The van der Waals surface area contributed by atoms with Crippen molar-refractivity contribution < 1.29 is 24.2 Å². The Labute approximate surface area is 188 Å². The molecule has 0 radical (unpaired) electrons. The van der Waals surface area contributed by atoms with Crippen molar-refractivity contribution in [1.82, 2.24) is 0 Å². The number of carbonyl (C=O) groups excluding carboxylic acids is 1. The molecule has 0 saturated heterocycles. The molecule has 3 fully saturated rings. The lowest BCUT2D eigenvalue weighted by Crippen LogP contribution is -2.34. The van der Waals surface area contributed by atoms with Crippen LogP contribution >= 0.6 is 0 Å². The molecule has 1 unspecified atom stereocenters. The molecule has 0 heterocycles. The summed E-state index contributed by atoms with van der Waals surface area (Å²) in [6.45, 7) is 0.720. The first kappa shape index (κ1) is 21.9. The van der Waals surface area contributed by atoms with Crippen LogP contribution in [0.5, 0.6) is 11.5 Å². The van der Waals surface area contributed by atoms with Crippen LogP contribution < -0.4 is 14.8 Å². The van der Waals surface area contributed by atoms with Gasteiger partial charge >= 0.3 is 5.97 Å². The SMILES string of the molecule is COc1cc(C=CC(=O)Nc2ccccc2C(=O)O)ccc1OCC1CC2CCC1CC2. The lowest BCUT2D eigenvalue weighted by atomic mass is 9.65. The van der Waals surface area contributed by atoms with Gasteiger partial charge in [0.25, 0.3) is 0 Å². The maximum atomic E-state index is 12.3. The molecular formula is C26H29NO5. The smallest absolute Gasteiger partial charge is 0.337 e. The number of carbonyl (C=O) groups is 2. The first-order chi connectivity index (χ1) is 15.5. The van der Waals surface area contributed by atoms with Crippen LogP contribution in [0, 0.1) is 17.8 Å². The predicted octanol–water partition coefficient (Wildman–Crippen LogP) is 5.25. The van der Waals surface area contributed by atoms with Crippen molar-refractivity contribution in [3.63, 3.8) is 0 Å². The largest absolute Gasteiger partial charge is 0.493 e. The van der Waals surface area contributed by atoms with E-state index in [0.717, 1.165) is 24.0 Å². The number of nitrogens with one attached hydrogen (secondary N) is 1. The van der Waals surface area contributed by atoms with Crippen LogP contribution in [0.25, 0.3) is 6.08 Å². The second-order valence-electron chi connectivity index (χ2n) is 8.67. The van der Waals surface area contributed by atoms with Crippen LogP contribution in [0.3, 0.4) is 0 Å². The van der Waals surface area contributed by atoms with Crippen LogP contribution in [-0.2, 0) is 4.79 Å². The minimum absolute atomic E-state index is 0.0450. The molecule has 3 aliphatic carbocycles. The van der Waals surface area contributed by atoms with Crippen molar-refractivity contribution >= 4 is 23.6 Å². The van der Waals surface area contributed by atoms with E-state index in [0.29, 0.717) is 17.4 Å². The Balaban J connectivity index is 1.37. The molecule has 168 valence electrons. The van der Waals surface area contributed by atoms with Gasteiger partial charge in [-0.25, -0.2) is 4.79 Å². The summed E-state index contributed by atoms with van der Waals surface area (Å²) >= 11 is 0. The molecule has 6 nitrogen and oxygen atoms in total. The summed E-state index contributed by atoms with van der Waals surface area (Å²) in [6, 6.07) is 11.9. The zero-order valence-corrected chi connectivity index (χ0v) is 18.3. The van der Waals surface area contributed by atoms with Crippen molar-refractivity contribution in [2.24, 2.45) is 17.8 Å². The number of aromatic carboxylic acids is 1. The van der Waals surface area contributed by atoms with Gasteiger partial charge in [-0.2, -0.15) is 0 Å². The summed E-state index contributed by atoms with van der Waals surface area (Å²) in [4.78, 5) is 23.6. The Morgan fingerprint density at radius 2 is 1.88 bits per heavy atom. The van der Waals surface area contributed by atoms with E-state index >= 15 is 0 Å². The quantitative estimate of drug-likeness (QED) is 0.553. The van der Waals surface area contributed by atoms with Crippen LogP contribution in [0.15, 0.2) is 48.5 Å². The molecule has 3 aliphatic rings. The monoisotopic (exact) mass is 435 g/mol. The molecule has 32 heavy (non-hydrogen) atoms. The predicted molar refractivity (Wildman–Crippen MR) is 123 cm³/mol. The summed E-state index contributed by atoms with van der Waals surface area (Å²) in [5, 5.41) is 11.8. The van der Waals surface area contributed by atoms with Crippen molar-refractivity contribution in [3.05, 3.63) is 59.7 Å². The molecule has 5 rings (SSSR count). The summed E-state index contributed by atoms with van der Waals surface area (Å²) in [5.41, 5.74) is 1.09. The molecule has 3 saturated carbocycles. The van der Waals surface area contributed by atoms with Gasteiger partial charge in [-0.15, -0.1) is 0 Å². The molecule has 6 heteroatoms. The maximum absolute atomic E-state index is 12.3. The van der Waals surface area contributed by atoms with E-state index in [1.807, 2.05) is 18.2 Å². The number of hydrogen-bond acceptors (Lipinski definition) is 4. The molecule has 2 bridgehead atoms. The van der Waals surface area contributed by atoms with Crippen LogP contribution in [0.1, 0.15) is 48.0 Å². The molecule has 0 aromatic heterocycles. The topological polar surface area (TPSA) is 84.9 Å². The van der Waals surface area contributed by atoms with Crippen LogP contribution in [-0.4, -0.2) is 30.7 Å². The lowest BCUT2D eigenvalue weighted by molar-refractivity contribution is -0.111. The number of rotatable bonds is 8. The van der Waals surface area contributed by atoms with Gasteiger partial charge < -0.3 is 19.9 Å². The fourth-order valence-corrected chi connectivity index (χ4v) is 4.95. The van der Waals surface area contributed by atoms with E-state index in [-0.39, 0.29) is 11.3 Å². The Morgan fingerprint density at radius 3 is 2.56 bits per heavy atom. The number of para-hydroxylation sites is 1. The van der Waals surface area contributed by atoms with Gasteiger partial charge in [0.15, 0.2) is 11.5 Å². The summed E-state index contributed by atoms with van der Waals surface area (Å²) in [5.74, 6) is 2.13. The van der Waals surface area contributed by atoms with E-state index < -0.39 is 11.9 Å². The first-order valence-electron chi connectivity index (χ1n) is 11.2. The number of methoxy groups -OCH3 is 1. The minimum Gasteiger partial charge on any atom is -0.493 e. The fraction of sp³-hybridized carbons (Fsp3) is 0.385. The Hall–Kier alpha value is -3.28. The highest BCUT2D eigenvalue weighted by Gasteiger charge is 2.35. The third kappa shape index (κ3) is 5.13. The van der Waals surface area contributed by atoms with Gasteiger partial charge in [0.1, 0.15) is 0 Å². The number of benzene rings is 2. The summed E-state index contributed by atoms with van der Waals surface area (Å²) in [7, 11) is 1.60. The van der Waals surface area contributed by atoms with E-state index in [1.54, 1.807) is 31.4 Å². The molecule has 0 spiro atoms. The second kappa shape index (κ2) is 9.90. The molecular weight excluding hydrogens is 406 g/mol. The second-order valence-corrected chi connectivity index (χ2v) is 8.67. The molecule has 1 atom stereocenters. The number of fused-ring (bicyclic) bond motifs is 3. The number of carboxylic acids is 1. The van der Waals surface area contributed by atoms with Gasteiger partial charge in [-0.3, -0.25) is 4.79 Å². The number of anilines is 1. The van der Waals surface area contributed by atoms with Crippen molar-refractivity contribution in [2.45, 2.75) is 32.1 Å². The van der Waals surface area contributed by atoms with E-state index in [1.165, 1.54) is 44.2 Å². The normalized spacial score (nSPS) is 22.0. The standard InChI is InChI=1S/C26H29NO5/c1-31-24-15-18(9-13-25(28)27-22-5-3-2-4-21(22)26(29)30)8-12-23(24)32-16-20-14-17-6-10-19(20)11-7-17/h2-5,8-9,12-13,15,17,19-20H,6-7,10-11,14,16H2,1H3,(H,27,28)(H,29,30). The lowest BCUT2D eigenvalue weighted by Gasteiger charge is -2.42. The minimum atomic E-state index is -1.09. The fourth-order valence-electron chi connectivity index (χ4n) is 4.95. The highest BCUT2D eigenvalue weighted by molar-refractivity contribution is 6.06. The highest BCUT2D eigenvalue weighted by Crippen LogP contribution is 2.45. The van der Waals surface area contributed by atoms with Gasteiger partial charge in [0.2, 0.25) is 5.91 Å². The van der Waals surface area contributed by atoms with Crippen molar-refractivity contribution in [3.8, 4) is 11.5 Å². The molecule has 1 amide bonds. The number of carboxylic acid groups (broad SMARTS) is 1. The zero-order chi connectivity index (χ0) is 22.5. The van der Waals surface area contributed by atoms with Crippen molar-refractivity contribution in [2.75, 3.05) is 19.0 Å². The van der Waals surface area contributed by atoms with Crippen LogP contribution in [0.2, 0.25) is 0 Å². The Bertz CT molecular complexity index is 1010. The third-order valence-corrected chi connectivity index (χ3v) is 6.68. The maximum Gasteiger partial charge on any atom is 0.337 e. The first-order valence-corrected chi connectivity index (χ1v) is 11.2. The summed E-state index contributed by atoms with van der Waals surface area (Å²) in [6.07, 6.45) is 9.71. The van der Waals surface area contributed by atoms with Crippen molar-refractivity contribution in [1.29, 1.82) is 0 Å². The van der Waals surface area contributed by atoms with Gasteiger partial charge in [0, 0.05) is 6.08 Å². The van der Waals surface area contributed by atoms with E-state index in [2.05, 4.69) is 5.32 Å². The van der Waals surface area contributed by atoms with Gasteiger partial charge in [0.05, 0.1) is 25.0 Å². The molecule has 2 aromatic rings. The molecule has 2 N–H and O–H groups in total.